The molecule has 0 fully saturated rings. The SMILES string of the molecule is CON(C)S(=O)(=O)c1cccc(C(=O)OCCCC(=O)c2ccc(F)cc2)c1. The minimum atomic E-state index is -3.88. The number of Topliss-reactive ketones (excluding diaryl/α,β-unsaturated/α-hetero) is 1. The monoisotopic (exact) mass is 409 g/mol. The fraction of sp³-hybridized carbons (Fsp3) is 0.263. The lowest BCUT2D eigenvalue weighted by atomic mass is 10.1. The van der Waals surface area contributed by atoms with Crippen LogP contribution in [0.3, 0.4) is 0 Å². The molecule has 0 N–H and O–H groups in total. The molecule has 2 aromatic carbocycles. The van der Waals surface area contributed by atoms with Gasteiger partial charge in [0.2, 0.25) is 0 Å². The zero-order chi connectivity index (χ0) is 20.7. The molecule has 150 valence electrons. The second-order valence-corrected chi connectivity index (χ2v) is 7.73. The molecule has 0 spiro atoms. The Balaban J connectivity index is 1.90. The number of carbonyl (C=O) groups is 2. The maximum atomic E-state index is 12.9. The number of rotatable bonds is 9. The van der Waals surface area contributed by atoms with Crippen LogP contribution in [0.1, 0.15) is 33.6 Å². The Kier molecular flexibility index (Phi) is 7.38. The minimum absolute atomic E-state index is 0.0132. The molecule has 0 aliphatic heterocycles. The van der Waals surface area contributed by atoms with Gasteiger partial charge >= 0.3 is 5.97 Å². The third kappa shape index (κ3) is 5.44. The number of ether oxygens (including phenoxy) is 1. The second kappa shape index (κ2) is 9.54. The van der Waals surface area contributed by atoms with Crippen LogP contribution in [-0.2, 0) is 19.6 Å². The number of halogens is 1. The summed E-state index contributed by atoms with van der Waals surface area (Å²) >= 11 is 0. The number of hydrogen-bond donors (Lipinski definition) is 0. The molecule has 0 saturated carbocycles. The lowest BCUT2D eigenvalue weighted by Gasteiger charge is -2.14. The molecule has 9 heteroatoms. The number of sulfonamides is 1. The summed E-state index contributed by atoms with van der Waals surface area (Å²) in [6, 6.07) is 10.6. The molecular weight excluding hydrogens is 389 g/mol. The van der Waals surface area contributed by atoms with Crippen molar-refractivity contribution in [3.05, 3.63) is 65.5 Å². The summed E-state index contributed by atoms with van der Waals surface area (Å²) in [5.74, 6) is -1.32. The van der Waals surface area contributed by atoms with Crippen LogP contribution in [0, 0.1) is 5.82 Å². The van der Waals surface area contributed by atoms with Gasteiger partial charge in [-0.1, -0.05) is 10.5 Å². The van der Waals surface area contributed by atoms with Gasteiger partial charge in [-0.3, -0.25) is 9.63 Å². The van der Waals surface area contributed by atoms with Crippen molar-refractivity contribution in [2.24, 2.45) is 0 Å². The van der Waals surface area contributed by atoms with Gasteiger partial charge in [-0.15, -0.1) is 0 Å². The Morgan fingerprint density at radius 2 is 1.75 bits per heavy atom. The summed E-state index contributed by atoms with van der Waals surface area (Å²) in [5, 5.41) is 0. The Morgan fingerprint density at radius 3 is 2.39 bits per heavy atom. The fourth-order valence-corrected chi connectivity index (χ4v) is 3.31. The van der Waals surface area contributed by atoms with E-state index in [2.05, 4.69) is 0 Å². The first-order valence-electron chi connectivity index (χ1n) is 8.34. The number of carbonyl (C=O) groups excluding carboxylic acids is 2. The molecule has 0 heterocycles. The average molecular weight is 409 g/mol. The number of hydroxylamine groups is 1. The van der Waals surface area contributed by atoms with Gasteiger partial charge in [-0.25, -0.2) is 17.6 Å². The van der Waals surface area contributed by atoms with E-state index in [1.807, 2.05) is 0 Å². The summed E-state index contributed by atoms with van der Waals surface area (Å²) in [4.78, 5) is 28.7. The lowest BCUT2D eigenvalue weighted by Crippen LogP contribution is -2.26. The van der Waals surface area contributed by atoms with Gasteiger partial charge in [0.05, 0.1) is 24.2 Å². The third-order valence-electron chi connectivity index (χ3n) is 3.91. The second-order valence-electron chi connectivity index (χ2n) is 5.79. The Bertz CT molecular complexity index is 943. The van der Waals surface area contributed by atoms with E-state index in [0.717, 1.165) is 0 Å². The lowest BCUT2D eigenvalue weighted by molar-refractivity contribution is -0.0258. The van der Waals surface area contributed by atoms with Gasteiger partial charge < -0.3 is 4.74 Å². The molecule has 0 aliphatic rings. The molecule has 2 aromatic rings. The highest BCUT2D eigenvalue weighted by molar-refractivity contribution is 7.89. The number of benzene rings is 2. The summed E-state index contributed by atoms with van der Waals surface area (Å²) in [6.07, 6.45) is 0.415. The molecule has 0 amide bonds. The number of esters is 1. The summed E-state index contributed by atoms with van der Waals surface area (Å²) in [6.45, 7) is -0.0132. The zero-order valence-corrected chi connectivity index (χ0v) is 16.2. The quantitative estimate of drug-likeness (QED) is 0.274. The maximum Gasteiger partial charge on any atom is 0.338 e. The van der Waals surface area contributed by atoms with E-state index in [-0.39, 0.29) is 35.7 Å². The maximum absolute atomic E-state index is 12.9. The van der Waals surface area contributed by atoms with Crippen molar-refractivity contribution in [2.45, 2.75) is 17.7 Å². The van der Waals surface area contributed by atoms with E-state index in [9.17, 15) is 22.4 Å². The van der Waals surface area contributed by atoms with E-state index < -0.39 is 21.8 Å². The topological polar surface area (TPSA) is 90.0 Å². The molecule has 0 aromatic heterocycles. The molecule has 2 rings (SSSR count). The van der Waals surface area contributed by atoms with E-state index in [4.69, 9.17) is 9.57 Å². The summed E-state index contributed by atoms with van der Waals surface area (Å²) in [5.41, 5.74) is 0.448. The van der Waals surface area contributed by atoms with Crippen molar-refractivity contribution in [2.75, 3.05) is 20.8 Å². The molecule has 0 saturated heterocycles. The predicted molar refractivity (Wildman–Crippen MR) is 98.6 cm³/mol. The molecule has 28 heavy (non-hydrogen) atoms. The molecule has 0 atom stereocenters. The van der Waals surface area contributed by atoms with Crippen molar-refractivity contribution in [3.63, 3.8) is 0 Å². The van der Waals surface area contributed by atoms with Crippen LogP contribution in [-0.4, -0.2) is 45.4 Å². The summed E-state index contributed by atoms with van der Waals surface area (Å²) in [7, 11) is -1.44. The molecule has 0 radical (unpaired) electrons. The number of nitrogens with zero attached hydrogens (tertiary/aromatic N) is 1. The van der Waals surface area contributed by atoms with Crippen LogP contribution in [0.2, 0.25) is 0 Å². The third-order valence-corrected chi connectivity index (χ3v) is 5.59. The molecule has 0 bridgehead atoms. The fourth-order valence-electron chi connectivity index (χ4n) is 2.29. The first-order chi connectivity index (χ1) is 13.3. The van der Waals surface area contributed by atoms with Crippen molar-refractivity contribution in [1.29, 1.82) is 0 Å². The van der Waals surface area contributed by atoms with Gasteiger partial charge in [0.15, 0.2) is 5.78 Å². The van der Waals surface area contributed by atoms with E-state index >= 15 is 0 Å². The first kappa shape index (κ1) is 21.7. The van der Waals surface area contributed by atoms with Gasteiger partial charge in [0.1, 0.15) is 5.82 Å². The Hall–Kier alpha value is -2.62. The normalized spacial score (nSPS) is 11.4. The Morgan fingerprint density at radius 1 is 1.07 bits per heavy atom. The van der Waals surface area contributed by atoms with Crippen LogP contribution in [0.15, 0.2) is 53.4 Å². The standard InChI is InChI=1S/C19H20FNO6S/c1-21(26-2)28(24,25)17-6-3-5-15(13-17)19(23)27-12-4-7-18(22)14-8-10-16(20)11-9-14/h3,5-6,8-11,13H,4,7,12H2,1-2H3. The van der Waals surface area contributed by atoms with Crippen molar-refractivity contribution < 1.29 is 32.0 Å². The molecule has 0 aliphatic carbocycles. The van der Waals surface area contributed by atoms with E-state index in [0.29, 0.717) is 10.0 Å². The van der Waals surface area contributed by atoms with Crippen LogP contribution in [0.4, 0.5) is 4.39 Å². The van der Waals surface area contributed by atoms with Gasteiger partial charge in [-0.05, 0) is 48.9 Å². The molecular formula is C19H20FNO6S. The molecule has 7 nitrogen and oxygen atoms in total. The first-order valence-corrected chi connectivity index (χ1v) is 9.78. The van der Waals surface area contributed by atoms with Crippen molar-refractivity contribution in [1.82, 2.24) is 4.47 Å². The van der Waals surface area contributed by atoms with Gasteiger partial charge in [-0.2, -0.15) is 0 Å². The van der Waals surface area contributed by atoms with Crippen molar-refractivity contribution in [3.8, 4) is 0 Å². The molecule has 0 unspecified atom stereocenters. The van der Waals surface area contributed by atoms with Gasteiger partial charge in [0.25, 0.3) is 10.0 Å². The highest BCUT2D eigenvalue weighted by Crippen LogP contribution is 2.17. The predicted octanol–water partition coefficient (Wildman–Crippen LogP) is 2.83. The smallest absolute Gasteiger partial charge is 0.338 e. The zero-order valence-electron chi connectivity index (χ0n) is 15.4. The van der Waals surface area contributed by atoms with Gasteiger partial charge in [0, 0.05) is 19.0 Å². The number of hydrogen-bond acceptors (Lipinski definition) is 6. The van der Waals surface area contributed by atoms with Crippen LogP contribution in [0.25, 0.3) is 0 Å². The van der Waals surface area contributed by atoms with Crippen LogP contribution in [0.5, 0.6) is 0 Å². The van der Waals surface area contributed by atoms with Crippen molar-refractivity contribution >= 4 is 21.8 Å². The largest absolute Gasteiger partial charge is 0.462 e. The minimum Gasteiger partial charge on any atom is -0.462 e. The highest BCUT2D eigenvalue weighted by atomic mass is 32.2. The average Bonchev–Trinajstić information content (AvgIpc) is 2.70. The Labute approximate surface area is 162 Å². The summed E-state index contributed by atoms with van der Waals surface area (Å²) < 4.78 is 43.1. The van der Waals surface area contributed by atoms with Crippen LogP contribution < -0.4 is 0 Å². The van der Waals surface area contributed by atoms with E-state index in [1.165, 1.54) is 62.7 Å². The highest BCUT2D eigenvalue weighted by Gasteiger charge is 2.22. The number of ketones is 1. The van der Waals surface area contributed by atoms with E-state index in [1.54, 1.807) is 0 Å². The van der Waals surface area contributed by atoms with Crippen LogP contribution >= 0.6 is 0 Å².